The van der Waals surface area contributed by atoms with Crippen LogP contribution in [0.25, 0.3) is 0 Å². The minimum Gasteiger partial charge on any atom is -0.489 e. The molecule has 160 valence electrons. The average Bonchev–Trinajstić information content (AvgIpc) is 3.14. The lowest BCUT2D eigenvalue weighted by molar-refractivity contribution is 0.0919. The second kappa shape index (κ2) is 9.44. The van der Waals surface area contributed by atoms with Crippen LogP contribution in [0.1, 0.15) is 53.7 Å². The van der Waals surface area contributed by atoms with Crippen molar-refractivity contribution in [3.63, 3.8) is 0 Å². The fraction of sp³-hybridized carbons (Fsp3) is 0.480. The van der Waals surface area contributed by atoms with Gasteiger partial charge in [0.15, 0.2) is 0 Å². The summed E-state index contributed by atoms with van der Waals surface area (Å²) >= 11 is 1.67. The van der Waals surface area contributed by atoms with Gasteiger partial charge in [-0.15, -0.1) is 11.8 Å². The zero-order valence-electron chi connectivity index (χ0n) is 18.2. The van der Waals surface area contributed by atoms with E-state index in [1.807, 2.05) is 12.3 Å². The first kappa shape index (κ1) is 21.3. The van der Waals surface area contributed by atoms with Crippen molar-refractivity contribution in [2.24, 2.45) is 0 Å². The van der Waals surface area contributed by atoms with Gasteiger partial charge in [0.25, 0.3) is 5.91 Å². The van der Waals surface area contributed by atoms with Gasteiger partial charge in [-0.1, -0.05) is 37.6 Å². The molecule has 1 N–H and O–H groups in total. The van der Waals surface area contributed by atoms with Crippen molar-refractivity contribution >= 4 is 17.7 Å². The Kier molecular flexibility index (Phi) is 6.69. The third-order valence-electron chi connectivity index (χ3n) is 6.21. The highest BCUT2D eigenvalue weighted by Crippen LogP contribution is 2.36. The van der Waals surface area contributed by atoms with Crippen LogP contribution in [0.4, 0.5) is 0 Å². The lowest BCUT2D eigenvalue weighted by Gasteiger charge is -2.37. The van der Waals surface area contributed by atoms with Crippen LogP contribution in [0.3, 0.4) is 0 Å². The number of nitrogens with zero attached hydrogens (tertiary/aromatic N) is 1. The third kappa shape index (κ3) is 4.52. The van der Waals surface area contributed by atoms with Gasteiger partial charge in [0.2, 0.25) is 0 Å². The molecule has 2 atom stereocenters. The quantitative estimate of drug-likeness (QED) is 0.655. The van der Waals surface area contributed by atoms with Crippen molar-refractivity contribution in [3.05, 3.63) is 58.7 Å². The number of ether oxygens (including phenoxy) is 1. The maximum Gasteiger partial charge on any atom is 0.255 e. The van der Waals surface area contributed by atoms with Gasteiger partial charge < -0.3 is 10.1 Å². The molecule has 0 radical (unpaired) electrons. The molecular formula is C25H32N2O2S. The first-order chi connectivity index (χ1) is 14.6. The molecule has 2 aromatic carbocycles. The molecule has 0 aliphatic carbocycles. The van der Waals surface area contributed by atoms with Gasteiger partial charge in [-0.25, -0.2) is 0 Å². The van der Waals surface area contributed by atoms with E-state index in [1.165, 1.54) is 24.0 Å². The van der Waals surface area contributed by atoms with E-state index in [4.69, 9.17) is 4.74 Å². The molecule has 0 bridgehead atoms. The average molecular weight is 425 g/mol. The Morgan fingerprint density at radius 3 is 2.77 bits per heavy atom. The number of carbonyl (C=O) groups excluding carboxylic acids is 1. The van der Waals surface area contributed by atoms with Gasteiger partial charge in [-0.2, -0.15) is 0 Å². The number of amides is 1. The van der Waals surface area contributed by atoms with Gasteiger partial charge in [-0.05, 0) is 61.4 Å². The topological polar surface area (TPSA) is 41.6 Å². The molecule has 2 heterocycles. The molecule has 5 heteroatoms. The van der Waals surface area contributed by atoms with E-state index in [-0.39, 0.29) is 12.0 Å². The molecule has 2 aliphatic rings. The summed E-state index contributed by atoms with van der Waals surface area (Å²) in [6.45, 7) is 6.99. The molecular weight excluding hydrogens is 392 g/mol. The summed E-state index contributed by atoms with van der Waals surface area (Å²) in [5.41, 5.74) is 4.66. The van der Waals surface area contributed by atoms with Crippen molar-refractivity contribution < 1.29 is 9.53 Å². The van der Waals surface area contributed by atoms with Gasteiger partial charge >= 0.3 is 0 Å². The highest BCUT2D eigenvalue weighted by atomic mass is 32.2. The predicted octanol–water partition coefficient (Wildman–Crippen LogP) is 4.69. The van der Waals surface area contributed by atoms with Crippen LogP contribution in [0.5, 0.6) is 5.75 Å². The van der Waals surface area contributed by atoms with E-state index in [2.05, 4.69) is 54.4 Å². The maximum atomic E-state index is 13.2. The Morgan fingerprint density at radius 2 is 2.00 bits per heavy atom. The van der Waals surface area contributed by atoms with E-state index in [0.29, 0.717) is 18.2 Å². The van der Waals surface area contributed by atoms with Gasteiger partial charge in [-0.3, -0.25) is 9.69 Å². The molecule has 0 fully saturated rings. The van der Waals surface area contributed by atoms with Crippen LogP contribution < -0.4 is 10.1 Å². The molecule has 2 aromatic rings. The van der Waals surface area contributed by atoms with E-state index in [0.717, 1.165) is 42.1 Å². The number of rotatable bonds is 7. The Bertz CT molecular complexity index is 914. The molecule has 0 saturated carbocycles. The Balaban J connectivity index is 1.49. The molecule has 0 spiro atoms. The summed E-state index contributed by atoms with van der Waals surface area (Å²) in [5, 5.41) is 3.23. The van der Waals surface area contributed by atoms with Crippen LogP contribution in [0.15, 0.2) is 41.3 Å². The summed E-state index contributed by atoms with van der Waals surface area (Å²) in [4.78, 5) is 16.8. The largest absolute Gasteiger partial charge is 0.489 e. The highest BCUT2D eigenvalue weighted by Gasteiger charge is 2.29. The van der Waals surface area contributed by atoms with Gasteiger partial charge in [0, 0.05) is 30.4 Å². The number of thioether (sulfide) groups is 1. The maximum absolute atomic E-state index is 13.2. The third-order valence-corrected chi connectivity index (χ3v) is 6.91. The van der Waals surface area contributed by atoms with Crippen molar-refractivity contribution in [3.8, 4) is 5.75 Å². The molecule has 4 nitrogen and oxygen atoms in total. The smallest absolute Gasteiger partial charge is 0.255 e. The monoisotopic (exact) mass is 424 g/mol. The molecule has 1 amide bonds. The highest BCUT2D eigenvalue weighted by molar-refractivity contribution is 7.98. The minimum atomic E-state index is -0.0226. The van der Waals surface area contributed by atoms with Gasteiger partial charge in [0.1, 0.15) is 11.9 Å². The Hall–Kier alpha value is -1.98. The number of carbonyl (C=O) groups is 1. The number of benzene rings is 2. The molecule has 0 unspecified atom stereocenters. The van der Waals surface area contributed by atoms with Crippen LogP contribution >= 0.6 is 11.8 Å². The lowest BCUT2D eigenvalue weighted by atomic mass is 9.93. The second-order valence-electron chi connectivity index (χ2n) is 8.46. The van der Waals surface area contributed by atoms with Crippen LogP contribution in [-0.4, -0.2) is 42.3 Å². The summed E-state index contributed by atoms with van der Waals surface area (Å²) in [5.74, 6) is 0.750. The van der Waals surface area contributed by atoms with E-state index < -0.39 is 0 Å². The first-order valence-electron chi connectivity index (χ1n) is 11.1. The summed E-state index contributed by atoms with van der Waals surface area (Å²) in [6, 6.07) is 13.2. The number of nitrogens with one attached hydrogen (secondary N) is 1. The van der Waals surface area contributed by atoms with E-state index >= 15 is 0 Å². The zero-order chi connectivity index (χ0) is 21.1. The number of hydrogen-bond acceptors (Lipinski definition) is 4. The predicted molar refractivity (Wildman–Crippen MR) is 124 cm³/mol. The van der Waals surface area contributed by atoms with E-state index in [9.17, 15) is 4.79 Å². The normalized spacial score (nSPS) is 20.4. The van der Waals surface area contributed by atoms with Crippen LogP contribution in [-0.2, 0) is 19.4 Å². The zero-order valence-corrected chi connectivity index (χ0v) is 19.1. The first-order valence-corrected chi connectivity index (χ1v) is 12.3. The van der Waals surface area contributed by atoms with Gasteiger partial charge in [0.05, 0.1) is 5.56 Å². The van der Waals surface area contributed by atoms with Crippen molar-refractivity contribution in [1.82, 2.24) is 10.2 Å². The summed E-state index contributed by atoms with van der Waals surface area (Å²) in [6.07, 6.45) is 6.39. The molecule has 0 saturated heterocycles. The fourth-order valence-corrected chi connectivity index (χ4v) is 5.06. The van der Waals surface area contributed by atoms with Crippen LogP contribution in [0, 0.1) is 0 Å². The standard InChI is InChI=1S/C25H32N2O2S/c1-4-5-10-27-16-19-9-7-6-8-18(19)12-21(27)15-26-25(28)23-14-22(30-3)13-20-11-17(2)29-24(20)23/h6-9,13-14,17,21H,4-5,10-12,15-16H2,1-3H3,(H,26,28)/t17-,21-/m0/s1. The van der Waals surface area contributed by atoms with Crippen LogP contribution in [0.2, 0.25) is 0 Å². The molecule has 4 rings (SSSR count). The number of unbranched alkanes of at least 4 members (excludes halogenated alkanes) is 1. The molecule has 0 aromatic heterocycles. The fourth-order valence-electron chi connectivity index (χ4n) is 4.56. The lowest BCUT2D eigenvalue weighted by Crippen LogP contribution is -2.47. The van der Waals surface area contributed by atoms with Crippen molar-refractivity contribution in [1.29, 1.82) is 0 Å². The van der Waals surface area contributed by atoms with E-state index in [1.54, 1.807) is 11.8 Å². The second-order valence-corrected chi connectivity index (χ2v) is 9.34. The molecule has 2 aliphatic heterocycles. The number of hydrogen-bond donors (Lipinski definition) is 1. The Labute approximate surface area is 184 Å². The molecule has 30 heavy (non-hydrogen) atoms. The SMILES string of the molecule is CCCCN1Cc2ccccc2C[C@H]1CNC(=O)c1cc(SC)cc2c1O[C@@H](C)C2. The minimum absolute atomic E-state index is 0.0226. The van der Waals surface area contributed by atoms with Crippen molar-refractivity contribution in [2.75, 3.05) is 19.3 Å². The van der Waals surface area contributed by atoms with Crippen molar-refractivity contribution in [2.45, 2.75) is 63.1 Å². The Morgan fingerprint density at radius 1 is 1.20 bits per heavy atom. The summed E-state index contributed by atoms with van der Waals surface area (Å²) in [7, 11) is 0. The summed E-state index contributed by atoms with van der Waals surface area (Å²) < 4.78 is 5.99. The number of fused-ring (bicyclic) bond motifs is 2.